The number of esters is 1. The highest BCUT2D eigenvalue weighted by molar-refractivity contribution is 5.76. The molecule has 0 amide bonds. The summed E-state index contributed by atoms with van der Waals surface area (Å²) in [6, 6.07) is 0. The molecule has 2 aliphatic carbocycles. The Morgan fingerprint density at radius 1 is 1.22 bits per heavy atom. The molecule has 3 saturated heterocycles. The van der Waals surface area contributed by atoms with Crippen molar-refractivity contribution < 1.29 is 24.5 Å². The quantitative estimate of drug-likeness (QED) is 0.407. The highest BCUT2D eigenvalue weighted by Crippen LogP contribution is 2.70. The van der Waals surface area contributed by atoms with Gasteiger partial charge in [-0.05, 0) is 44.4 Å². The molecule has 1 spiro atoms. The molecule has 3 heterocycles. The minimum atomic E-state index is 0.0365. The second kappa shape index (κ2) is 6.70. The molecular formula is C22H38N2O3+2. The Balaban J connectivity index is 1.21. The van der Waals surface area contributed by atoms with Gasteiger partial charge in [0, 0.05) is 11.3 Å². The lowest BCUT2D eigenvalue weighted by atomic mass is 9.53. The molecule has 0 radical (unpaired) electrons. The molecule has 5 rings (SSSR count). The van der Waals surface area contributed by atoms with E-state index in [2.05, 4.69) is 19.2 Å². The Morgan fingerprint density at radius 3 is 2.85 bits per heavy atom. The second-order valence-electron chi connectivity index (χ2n) is 10.4. The summed E-state index contributed by atoms with van der Waals surface area (Å²) in [6.45, 7) is 10.7. The van der Waals surface area contributed by atoms with Gasteiger partial charge in [0.25, 0.3) is 0 Å². The van der Waals surface area contributed by atoms with E-state index in [9.17, 15) is 4.79 Å². The molecule has 5 nitrogen and oxygen atoms in total. The normalized spacial score (nSPS) is 49.1. The standard InChI is InChI=1S/C22H36N2O3/c1-15-7-6-8-21(2)13-17-18(19-22(15,21)27-19)16(20(25)26-17)14-23-9-12-24-10-4-3-5-11-24/h15-19,23H,3-14H2,1-2H3/p+2/t15-,16+,17-,18-,19+,21-,22+/m1/s1. The number of rotatable bonds is 5. The van der Waals surface area contributed by atoms with Gasteiger partial charge >= 0.3 is 5.97 Å². The largest absolute Gasteiger partial charge is 0.462 e. The van der Waals surface area contributed by atoms with Gasteiger partial charge in [-0.2, -0.15) is 0 Å². The van der Waals surface area contributed by atoms with E-state index >= 15 is 0 Å². The van der Waals surface area contributed by atoms with Crippen molar-refractivity contribution in [1.82, 2.24) is 0 Å². The molecular weight excluding hydrogens is 340 g/mol. The van der Waals surface area contributed by atoms with E-state index in [-0.39, 0.29) is 35.1 Å². The summed E-state index contributed by atoms with van der Waals surface area (Å²) in [5, 5.41) is 2.38. The maximum atomic E-state index is 12.7. The van der Waals surface area contributed by atoms with Crippen molar-refractivity contribution >= 4 is 5.97 Å². The minimum Gasteiger partial charge on any atom is -0.462 e. The Bertz CT molecular complexity index is 592. The topological polar surface area (TPSA) is 59.9 Å². The summed E-state index contributed by atoms with van der Waals surface area (Å²) >= 11 is 0. The number of carbonyl (C=O) groups is 1. The van der Waals surface area contributed by atoms with Gasteiger partial charge < -0.3 is 19.7 Å². The van der Waals surface area contributed by atoms with Gasteiger partial charge in [0.2, 0.25) is 0 Å². The van der Waals surface area contributed by atoms with E-state index < -0.39 is 0 Å². The first-order valence-corrected chi connectivity index (χ1v) is 11.6. The number of carbonyl (C=O) groups excluding carboxylic acids is 1. The van der Waals surface area contributed by atoms with Crippen molar-refractivity contribution in [3.8, 4) is 0 Å². The molecule has 2 saturated carbocycles. The van der Waals surface area contributed by atoms with Gasteiger partial charge in [0.1, 0.15) is 30.7 Å². The van der Waals surface area contributed by atoms with Crippen LogP contribution in [0.1, 0.15) is 58.8 Å². The fourth-order valence-electron chi connectivity index (χ4n) is 7.41. The number of ether oxygens (including phenoxy) is 2. The van der Waals surface area contributed by atoms with E-state index in [1.807, 2.05) is 0 Å². The fraction of sp³-hybridized carbons (Fsp3) is 0.955. The summed E-state index contributed by atoms with van der Waals surface area (Å²) in [5.41, 5.74) is 0.240. The first kappa shape index (κ1) is 18.4. The van der Waals surface area contributed by atoms with Gasteiger partial charge in [-0.3, -0.25) is 4.79 Å². The molecule has 152 valence electrons. The fourth-order valence-corrected chi connectivity index (χ4v) is 7.41. The Morgan fingerprint density at radius 2 is 2.04 bits per heavy atom. The number of fused-ring (bicyclic) bond motifs is 2. The van der Waals surface area contributed by atoms with Crippen LogP contribution in [-0.2, 0) is 14.3 Å². The van der Waals surface area contributed by atoms with E-state index in [4.69, 9.17) is 9.47 Å². The van der Waals surface area contributed by atoms with Gasteiger partial charge in [-0.15, -0.1) is 0 Å². The van der Waals surface area contributed by atoms with E-state index in [0.29, 0.717) is 11.8 Å². The zero-order valence-corrected chi connectivity index (χ0v) is 17.2. The lowest BCUT2D eigenvalue weighted by molar-refractivity contribution is -0.917. The highest BCUT2D eigenvalue weighted by atomic mass is 16.6. The third-order valence-corrected chi connectivity index (χ3v) is 8.88. The first-order chi connectivity index (χ1) is 13.1. The summed E-state index contributed by atoms with van der Waals surface area (Å²) in [7, 11) is 0. The van der Waals surface area contributed by atoms with Crippen LogP contribution in [0.2, 0.25) is 0 Å². The van der Waals surface area contributed by atoms with Gasteiger partial charge in [-0.1, -0.05) is 20.3 Å². The third-order valence-electron chi connectivity index (χ3n) is 8.88. The van der Waals surface area contributed by atoms with Gasteiger partial charge in [0.05, 0.1) is 25.7 Å². The summed E-state index contributed by atoms with van der Waals surface area (Å²) in [6.07, 6.45) is 9.32. The summed E-state index contributed by atoms with van der Waals surface area (Å²) in [4.78, 5) is 14.4. The lowest BCUT2D eigenvalue weighted by Crippen LogP contribution is -3.15. The number of hydrogen-bond acceptors (Lipinski definition) is 3. The van der Waals surface area contributed by atoms with Crippen LogP contribution >= 0.6 is 0 Å². The van der Waals surface area contributed by atoms with Crippen molar-refractivity contribution in [2.75, 3.05) is 32.7 Å². The van der Waals surface area contributed by atoms with E-state index in [1.54, 1.807) is 4.90 Å². The van der Waals surface area contributed by atoms with Gasteiger partial charge in [-0.25, -0.2) is 0 Å². The van der Waals surface area contributed by atoms with Crippen LogP contribution in [0.4, 0.5) is 0 Å². The Labute approximate surface area is 163 Å². The minimum absolute atomic E-state index is 0.0365. The average Bonchev–Trinajstić information content (AvgIpc) is 3.34. The van der Waals surface area contributed by atoms with Crippen LogP contribution < -0.4 is 10.2 Å². The molecule has 0 unspecified atom stereocenters. The van der Waals surface area contributed by atoms with Crippen LogP contribution in [0.3, 0.4) is 0 Å². The van der Waals surface area contributed by atoms with Crippen molar-refractivity contribution in [1.29, 1.82) is 0 Å². The molecule has 5 aliphatic rings. The first-order valence-electron chi connectivity index (χ1n) is 11.6. The molecule has 5 heteroatoms. The Kier molecular flexibility index (Phi) is 4.56. The number of nitrogens with one attached hydrogen (secondary N) is 1. The third kappa shape index (κ3) is 2.79. The molecule has 0 aromatic rings. The lowest BCUT2D eigenvalue weighted by Gasteiger charge is -2.48. The van der Waals surface area contributed by atoms with Crippen LogP contribution in [0.15, 0.2) is 0 Å². The molecule has 0 aromatic heterocycles. The summed E-state index contributed by atoms with van der Waals surface area (Å²) in [5.74, 6) is 0.997. The maximum absolute atomic E-state index is 12.7. The highest BCUT2D eigenvalue weighted by Gasteiger charge is 2.78. The molecule has 5 fully saturated rings. The van der Waals surface area contributed by atoms with Crippen molar-refractivity contribution in [2.45, 2.75) is 76.6 Å². The van der Waals surface area contributed by atoms with Crippen LogP contribution in [0.5, 0.6) is 0 Å². The van der Waals surface area contributed by atoms with Crippen molar-refractivity contribution in [3.63, 3.8) is 0 Å². The molecule has 27 heavy (non-hydrogen) atoms. The predicted octanol–water partition coefficient (Wildman–Crippen LogP) is 0.144. The molecule has 0 bridgehead atoms. The predicted molar refractivity (Wildman–Crippen MR) is 101 cm³/mol. The van der Waals surface area contributed by atoms with E-state index in [0.717, 1.165) is 19.5 Å². The summed E-state index contributed by atoms with van der Waals surface area (Å²) < 4.78 is 12.5. The average molecular weight is 379 g/mol. The number of quaternary nitrogens is 2. The smallest absolute Gasteiger partial charge is 0.315 e. The van der Waals surface area contributed by atoms with Crippen molar-refractivity contribution in [3.05, 3.63) is 0 Å². The van der Waals surface area contributed by atoms with Crippen molar-refractivity contribution in [2.24, 2.45) is 23.2 Å². The SMILES string of the molecule is C[C@@H]1CCC[C@]2(C)C[C@H]3OC(=O)[C@@H](C[NH2+]CC[NH+]4CCCCC4)[C@H]3[C@@H]3O[C@@]132. The second-order valence-corrected chi connectivity index (χ2v) is 10.4. The zero-order valence-electron chi connectivity index (χ0n) is 17.2. The number of nitrogens with two attached hydrogens (primary N) is 1. The number of likely N-dealkylation sites (tertiary alicyclic amines) is 1. The number of epoxide rings is 1. The maximum Gasteiger partial charge on any atom is 0.315 e. The molecule has 0 aromatic carbocycles. The Hall–Kier alpha value is -0.650. The number of hydrogen-bond donors (Lipinski definition) is 2. The van der Waals surface area contributed by atoms with Crippen LogP contribution in [0.25, 0.3) is 0 Å². The molecule has 7 atom stereocenters. The molecule has 3 aliphatic heterocycles. The zero-order chi connectivity index (χ0) is 18.6. The monoisotopic (exact) mass is 378 g/mol. The van der Waals surface area contributed by atoms with Gasteiger partial charge in [0.15, 0.2) is 0 Å². The number of piperidine rings is 1. The van der Waals surface area contributed by atoms with E-state index in [1.165, 1.54) is 58.2 Å². The van der Waals surface area contributed by atoms with Crippen LogP contribution in [-0.4, -0.2) is 56.5 Å². The molecule has 3 N–H and O–H groups in total. The van der Waals surface area contributed by atoms with Crippen LogP contribution in [0, 0.1) is 23.2 Å².